The standard InChI is InChI=1S/C8H12F3NO2/c9-8(10,11)4-6(14)12-7(5-13)2-1-3-7/h13H,1-5H2,(H,12,14). The van der Waals surface area contributed by atoms with Crippen LogP contribution in [0.2, 0.25) is 0 Å². The first kappa shape index (κ1) is 11.3. The molecule has 1 aliphatic carbocycles. The summed E-state index contributed by atoms with van der Waals surface area (Å²) >= 11 is 0. The van der Waals surface area contributed by atoms with Crippen LogP contribution in [0.5, 0.6) is 0 Å². The first-order valence-electron chi connectivity index (χ1n) is 4.36. The Morgan fingerprint density at radius 2 is 2.00 bits per heavy atom. The number of hydrogen-bond donors (Lipinski definition) is 2. The molecule has 3 nitrogen and oxygen atoms in total. The molecule has 1 aliphatic rings. The van der Waals surface area contributed by atoms with E-state index in [1.807, 2.05) is 0 Å². The second-order valence-electron chi connectivity index (χ2n) is 3.63. The zero-order valence-electron chi connectivity index (χ0n) is 7.52. The highest BCUT2D eigenvalue weighted by Gasteiger charge is 2.40. The molecule has 0 spiro atoms. The lowest BCUT2D eigenvalue weighted by Crippen LogP contribution is -2.56. The number of rotatable bonds is 3. The van der Waals surface area contributed by atoms with E-state index in [0.717, 1.165) is 6.42 Å². The summed E-state index contributed by atoms with van der Waals surface area (Å²) in [4.78, 5) is 10.9. The predicted octanol–water partition coefficient (Wildman–Crippen LogP) is 0.970. The van der Waals surface area contributed by atoms with Gasteiger partial charge in [-0.15, -0.1) is 0 Å². The molecule has 0 aromatic rings. The summed E-state index contributed by atoms with van der Waals surface area (Å²) in [6.07, 6.45) is -4.04. The fourth-order valence-electron chi connectivity index (χ4n) is 1.45. The normalized spacial score (nSPS) is 20.0. The molecule has 2 N–H and O–H groups in total. The number of halogens is 3. The summed E-state index contributed by atoms with van der Waals surface area (Å²) < 4.78 is 35.4. The Morgan fingerprint density at radius 3 is 2.29 bits per heavy atom. The zero-order chi connectivity index (χ0) is 10.8. The van der Waals surface area contributed by atoms with Crippen molar-refractivity contribution < 1.29 is 23.1 Å². The molecule has 0 unspecified atom stereocenters. The summed E-state index contributed by atoms with van der Waals surface area (Å²) in [5, 5.41) is 11.1. The van der Waals surface area contributed by atoms with Gasteiger partial charge in [0, 0.05) is 0 Å². The Labute approximate surface area is 79.3 Å². The van der Waals surface area contributed by atoms with Gasteiger partial charge in [-0.25, -0.2) is 0 Å². The zero-order valence-corrected chi connectivity index (χ0v) is 7.52. The van der Waals surface area contributed by atoms with Crippen molar-refractivity contribution in [3.8, 4) is 0 Å². The summed E-state index contributed by atoms with van der Waals surface area (Å²) in [6, 6.07) is 0. The van der Waals surface area contributed by atoms with Crippen LogP contribution in [0.1, 0.15) is 25.7 Å². The van der Waals surface area contributed by atoms with Crippen LogP contribution in [0.4, 0.5) is 13.2 Å². The molecule has 0 saturated heterocycles. The van der Waals surface area contributed by atoms with Gasteiger partial charge in [0.1, 0.15) is 6.42 Å². The molecule has 1 rings (SSSR count). The van der Waals surface area contributed by atoms with Crippen LogP contribution in [0.15, 0.2) is 0 Å². The maximum Gasteiger partial charge on any atom is 0.397 e. The third kappa shape index (κ3) is 2.87. The number of alkyl halides is 3. The van der Waals surface area contributed by atoms with Gasteiger partial charge in [0.2, 0.25) is 5.91 Å². The highest BCUT2D eigenvalue weighted by Crippen LogP contribution is 2.31. The van der Waals surface area contributed by atoms with E-state index in [1.54, 1.807) is 0 Å². The molecule has 0 aromatic carbocycles. The Kier molecular flexibility index (Phi) is 3.04. The molecule has 1 fully saturated rings. The second kappa shape index (κ2) is 3.76. The van der Waals surface area contributed by atoms with Crippen LogP contribution >= 0.6 is 0 Å². The van der Waals surface area contributed by atoms with Crippen LogP contribution in [0.3, 0.4) is 0 Å². The molecular formula is C8H12F3NO2. The quantitative estimate of drug-likeness (QED) is 0.730. The number of nitrogens with one attached hydrogen (secondary N) is 1. The number of amides is 1. The van der Waals surface area contributed by atoms with E-state index >= 15 is 0 Å². The molecule has 82 valence electrons. The minimum Gasteiger partial charge on any atom is -0.394 e. The Bertz CT molecular complexity index is 218. The number of carbonyl (C=O) groups excluding carboxylic acids is 1. The van der Waals surface area contributed by atoms with Gasteiger partial charge in [-0.2, -0.15) is 13.2 Å². The lowest BCUT2D eigenvalue weighted by atomic mass is 9.77. The van der Waals surface area contributed by atoms with Crippen molar-refractivity contribution in [3.63, 3.8) is 0 Å². The van der Waals surface area contributed by atoms with E-state index in [0.29, 0.717) is 12.8 Å². The number of aliphatic hydroxyl groups excluding tert-OH is 1. The van der Waals surface area contributed by atoms with E-state index in [9.17, 15) is 18.0 Å². The molecular weight excluding hydrogens is 199 g/mol. The molecule has 1 saturated carbocycles. The van der Waals surface area contributed by atoms with Gasteiger partial charge in [-0.1, -0.05) is 0 Å². The maximum absolute atomic E-state index is 11.8. The van der Waals surface area contributed by atoms with Gasteiger partial charge in [-0.3, -0.25) is 4.79 Å². The van der Waals surface area contributed by atoms with Crippen LogP contribution in [-0.4, -0.2) is 29.3 Å². The van der Waals surface area contributed by atoms with Gasteiger partial charge in [0.15, 0.2) is 0 Å². The molecule has 0 atom stereocenters. The van der Waals surface area contributed by atoms with Crippen LogP contribution in [0.25, 0.3) is 0 Å². The molecule has 0 aliphatic heterocycles. The summed E-state index contributed by atoms with van der Waals surface area (Å²) in [6.45, 7) is -0.295. The lowest BCUT2D eigenvalue weighted by Gasteiger charge is -2.41. The predicted molar refractivity (Wildman–Crippen MR) is 42.5 cm³/mol. The minimum atomic E-state index is -4.48. The molecule has 0 radical (unpaired) electrons. The third-order valence-corrected chi connectivity index (χ3v) is 2.38. The average Bonchev–Trinajstić information content (AvgIpc) is 1.93. The van der Waals surface area contributed by atoms with Crippen molar-refractivity contribution in [2.45, 2.75) is 37.4 Å². The highest BCUT2D eigenvalue weighted by molar-refractivity contribution is 5.77. The third-order valence-electron chi connectivity index (χ3n) is 2.38. The van der Waals surface area contributed by atoms with Crippen molar-refractivity contribution in [2.24, 2.45) is 0 Å². The largest absolute Gasteiger partial charge is 0.397 e. The van der Waals surface area contributed by atoms with Gasteiger partial charge in [-0.05, 0) is 19.3 Å². The van der Waals surface area contributed by atoms with E-state index < -0.39 is 24.0 Å². The summed E-state index contributed by atoms with van der Waals surface area (Å²) in [5.41, 5.74) is -0.789. The molecule has 14 heavy (non-hydrogen) atoms. The minimum absolute atomic E-state index is 0.295. The first-order valence-corrected chi connectivity index (χ1v) is 4.36. The van der Waals surface area contributed by atoms with Crippen molar-refractivity contribution in [1.82, 2.24) is 5.32 Å². The summed E-state index contributed by atoms with van der Waals surface area (Å²) in [5.74, 6) is -1.06. The van der Waals surface area contributed by atoms with Crippen molar-refractivity contribution in [1.29, 1.82) is 0 Å². The average molecular weight is 211 g/mol. The van der Waals surface area contributed by atoms with Crippen molar-refractivity contribution in [3.05, 3.63) is 0 Å². The topological polar surface area (TPSA) is 49.3 Å². The van der Waals surface area contributed by atoms with Crippen molar-refractivity contribution >= 4 is 5.91 Å². The Hall–Kier alpha value is -0.780. The molecule has 1 amide bonds. The van der Waals surface area contributed by atoms with Crippen LogP contribution in [-0.2, 0) is 4.79 Å². The number of carbonyl (C=O) groups is 1. The monoisotopic (exact) mass is 211 g/mol. The lowest BCUT2D eigenvalue weighted by molar-refractivity contribution is -0.156. The Morgan fingerprint density at radius 1 is 1.43 bits per heavy atom. The van der Waals surface area contributed by atoms with E-state index in [1.165, 1.54) is 0 Å². The second-order valence-corrected chi connectivity index (χ2v) is 3.63. The smallest absolute Gasteiger partial charge is 0.394 e. The molecule has 0 heterocycles. The molecule has 0 bridgehead atoms. The van der Waals surface area contributed by atoms with E-state index in [2.05, 4.69) is 5.32 Å². The molecule has 6 heteroatoms. The Balaban J connectivity index is 2.40. The van der Waals surface area contributed by atoms with Crippen molar-refractivity contribution in [2.75, 3.05) is 6.61 Å². The van der Waals surface area contributed by atoms with Gasteiger partial charge < -0.3 is 10.4 Å². The summed E-state index contributed by atoms with van der Waals surface area (Å²) in [7, 11) is 0. The first-order chi connectivity index (χ1) is 6.37. The fraction of sp³-hybridized carbons (Fsp3) is 0.875. The highest BCUT2D eigenvalue weighted by atomic mass is 19.4. The van der Waals surface area contributed by atoms with E-state index in [-0.39, 0.29) is 6.61 Å². The fourth-order valence-corrected chi connectivity index (χ4v) is 1.45. The van der Waals surface area contributed by atoms with Crippen LogP contribution < -0.4 is 5.32 Å². The van der Waals surface area contributed by atoms with Crippen LogP contribution in [0, 0.1) is 0 Å². The maximum atomic E-state index is 11.8. The van der Waals surface area contributed by atoms with Gasteiger partial charge >= 0.3 is 6.18 Å². The SMILES string of the molecule is O=C(CC(F)(F)F)NC1(CO)CCC1. The molecule has 0 aromatic heterocycles. The number of aliphatic hydroxyl groups is 1. The van der Waals surface area contributed by atoms with Gasteiger partial charge in [0.05, 0.1) is 12.1 Å². The van der Waals surface area contributed by atoms with Gasteiger partial charge in [0.25, 0.3) is 0 Å². The van der Waals surface area contributed by atoms with E-state index in [4.69, 9.17) is 5.11 Å². The number of hydrogen-bond acceptors (Lipinski definition) is 2.